The molecule has 0 saturated heterocycles. The van der Waals surface area contributed by atoms with E-state index in [0.717, 1.165) is 12.8 Å². The molecular weight excluding hydrogens is 270 g/mol. The fourth-order valence-electron chi connectivity index (χ4n) is 1.43. The zero-order valence-electron chi connectivity index (χ0n) is 7.30. The van der Waals surface area contributed by atoms with Crippen molar-refractivity contribution in [1.29, 1.82) is 0 Å². The fraction of sp³-hybridized carbons (Fsp3) is 0.400. The van der Waals surface area contributed by atoms with Gasteiger partial charge in [0.2, 0.25) is 0 Å². The van der Waals surface area contributed by atoms with Gasteiger partial charge in [0.1, 0.15) is 5.82 Å². The van der Waals surface area contributed by atoms with Gasteiger partial charge in [0.15, 0.2) is 0 Å². The Morgan fingerprint density at radius 3 is 2.71 bits per heavy atom. The second-order valence-electron chi connectivity index (χ2n) is 3.57. The fourth-order valence-corrected chi connectivity index (χ4v) is 1.92. The molecule has 0 aliphatic heterocycles. The minimum absolute atomic E-state index is 0.210. The molecule has 0 amide bonds. The number of rotatable bonds is 2. The molecule has 1 atom stereocenters. The average Bonchev–Trinajstić information content (AvgIpc) is 2.93. The molecule has 0 spiro atoms. The van der Waals surface area contributed by atoms with Gasteiger partial charge in [-0.05, 0) is 46.8 Å². The normalized spacial score (nSPS) is 18.3. The minimum Gasteiger partial charge on any atom is -0.388 e. The van der Waals surface area contributed by atoms with Gasteiger partial charge in [0.05, 0.1) is 11.1 Å². The lowest BCUT2D eigenvalue weighted by Gasteiger charge is -2.11. The first-order valence-electron chi connectivity index (χ1n) is 4.42. The minimum atomic E-state index is -0.708. The quantitative estimate of drug-likeness (QED) is 0.819. The van der Waals surface area contributed by atoms with E-state index in [4.69, 9.17) is 11.6 Å². The molecule has 76 valence electrons. The van der Waals surface area contributed by atoms with E-state index in [-0.39, 0.29) is 5.92 Å². The third-order valence-electron chi connectivity index (χ3n) is 2.43. The van der Waals surface area contributed by atoms with Crippen LogP contribution in [0.2, 0.25) is 5.02 Å². The van der Waals surface area contributed by atoms with Crippen molar-refractivity contribution in [2.45, 2.75) is 18.9 Å². The standard InChI is InChI=1S/C10H9BrClFO/c11-7-4-9(13)6(3-8(7)12)10(14)5-1-2-5/h3-5,10,14H,1-2H2. The highest BCUT2D eigenvalue weighted by Gasteiger charge is 2.32. The van der Waals surface area contributed by atoms with Crippen LogP contribution in [-0.4, -0.2) is 5.11 Å². The molecule has 1 aliphatic carbocycles. The largest absolute Gasteiger partial charge is 0.388 e. The lowest BCUT2D eigenvalue weighted by molar-refractivity contribution is 0.149. The van der Waals surface area contributed by atoms with Crippen molar-refractivity contribution < 1.29 is 9.50 Å². The lowest BCUT2D eigenvalue weighted by Crippen LogP contribution is -2.02. The van der Waals surface area contributed by atoms with Gasteiger partial charge < -0.3 is 5.11 Å². The Balaban J connectivity index is 2.36. The van der Waals surface area contributed by atoms with Crippen LogP contribution in [0.3, 0.4) is 0 Å². The van der Waals surface area contributed by atoms with Crippen LogP contribution >= 0.6 is 27.5 Å². The molecule has 1 fully saturated rings. The predicted molar refractivity (Wildman–Crippen MR) is 56.8 cm³/mol. The Morgan fingerprint density at radius 2 is 2.14 bits per heavy atom. The highest BCUT2D eigenvalue weighted by Crippen LogP contribution is 2.42. The number of halogens is 3. The highest BCUT2D eigenvalue weighted by molar-refractivity contribution is 9.10. The van der Waals surface area contributed by atoms with E-state index in [1.54, 1.807) is 0 Å². The summed E-state index contributed by atoms with van der Waals surface area (Å²) in [6.07, 6.45) is 1.23. The van der Waals surface area contributed by atoms with E-state index in [2.05, 4.69) is 15.9 Å². The lowest BCUT2D eigenvalue weighted by atomic mass is 10.1. The molecule has 2 rings (SSSR count). The van der Waals surface area contributed by atoms with Crippen molar-refractivity contribution in [2.75, 3.05) is 0 Å². The molecule has 1 aromatic rings. The van der Waals surface area contributed by atoms with Gasteiger partial charge in [-0.15, -0.1) is 0 Å². The van der Waals surface area contributed by atoms with Crippen molar-refractivity contribution in [3.63, 3.8) is 0 Å². The summed E-state index contributed by atoms with van der Waals surface area (Å²) < 4.78 is 13.9. The smallest absolute Gasteiger partial charge is 0.130 e. The third-order valence-corrected chi connectivity index (χ3v) is 3.62. The van der Waals surface area contributed by atoms with Crippen LogP contribution in [0.4, 0.5) is 4.39 Å². The SMILES string of the molecule is OC(c1cc(Cl)c(Br)cc1F)C1CC1. The molecule has 0 aromatic heterocycles. The first kappa shape index (κ1) is 10.4. The van der Waals surface area contributed by atoms with Crippen LogP contribution in [0.1, 0.15) is 24.5 Å². The number of aliphatic hydroxyl groups excluding tert-OH is 1. The van der Waals surface area contributed by atoms with Crippen LogP contribution in [0.5, 0.6) is 0 Å². The maximum Gasteiger partial charge on any atom is 0.130 e. The van der Waals surface area contributed by atoms with E-state index >= 15 is 0 Å². The molecule has 1 saturated carbocycles. The molecule has 4 heteroatoms. The van der Waals surface area contributed by atoms with Gasteiger partial charge in [-0.2, -0.15) is 0 Å². The molecule has 1 nitrogen and oxygen atoms in total. The summed E-state index contributed by atoms with van der Waals surface area (Å²) in [6.45, 7) is 0. The van der Waals surface area contributed by atoms with Crippen molar-refractivity contribution in [1.82, 2.24) is 0 Å². The third kappa shape index (κ3) is 1.95. The summed E-state index contributed by atoms with van der Waals surface area (Å²) in [5.74, 6) is -0.192. The maximum atomic E-state index is 13.4. The summed E-state index contributed by atoms with van der Waals surface area (Å²) in [6, 6.07) is 2.78. The van der Waals surface area contributed by atoms with Gasteiger partial charge in [-0.1, -0.05) is 11.6 Å². The van der Waals surface area contributed by atoms with Crippen LogP contribution < -0.4 is 0 Å². The first-order valence-corrected chi connectivity index (χ1v) is 5.59. The number of benzene rings is 1. The Morgan fingerprint density at radius 1 is 1.50 bits per heavy atom. The molecule has 1 unspecified atom stereocenters. The van der Waals surface area contributed by atoms with Gasteiger partial charge in [-0.3, -0.25) is 0 Å². The van der Waals surface area contributed by atoms with Crippen molar-refractivity contribution in [2.24, 2.45) is 5.92 Å². The molecule has 1 N–H and O–H groups in total. The first-order chi connectivity index (χ1) is 6.59. The second-order valence-corrected chi connectivity index (χ2v) is 4.83. The van der Waals surface area contributed by atoms with Gasteiger partial charge in [0, 0.05) is 10.0 Å². The monoisotopic (exact) mass is 278 g/mol. The van der Waals surface area contributed by atoms with Gasteiger partial charge in [0.25, 0.3) is 0 Å². The van der Waals surface area contributed by atoms with Gasteiger partial charge >= 0.3 is 0 Å². The average molecular weight is 280 g/mol. The summed E-state index contributed by atoms with van der Waals surface area (Å²) in [5.41, 5.74) is 0.306. The number of hydrogen-bond acceptors (Lipinski definition) is 1. The molecule has 1 aromatic carbocycles. The number of hydrogen-bond donors (Lipinski definition) is 1. The Labute approximate surface area is 95.0 Å². The van der Waals surface area contributed by atoms with E-state index in [9.17, 15) is 9.50 Å². The Kier molecular flexibility index (Phi) is 2.82. The molecule has 0 bridgehead atoms. The van der Waals surface area contributed by atoms with Crippen LogP contribution in [0.15, 0.2) is 16.6 Å². The summed E-state index contributed by atoms with van der Waals surface area (Å²) in [4.78, 5) is 0. The second kappa shape index (κ2) is 3.80. The van der Waals surface area contributed by atoms with Crippen LogP contribution in [0.25, 0.3) is 0 Å². The van der Waals surface area contributed by atoms with Crippen LogP contribution in [0, 0.1) is 11.7 Å². The van der Waals surface area contributed by atoms with Crippen molar-refractivity contribution >= 4 is 27.5 Å². The van der Waals surface area contributed by atoms with Gasteiger partial charge in [-0.25, -0.2) is 4.39 Å². The molecule has 14 heavy (non-hydrogen) atoms. The van der Waals surface area contributed by atoms with E-state index < -0.39 is 11.9 Å². The molecule has 1 aliphatic rings. The Bertz CT molecular complexity index is 365. The summed E-state index contributed by atoms with van der Waals surface area (Å²) in [5, 5.41) is 10.2. The summed E-state index contributed by atoms with van der Waals surface area (Å²) in [7, 11) is 0. The number of aliphatic hydroxyl groups is 1. The molecular formula is C10H9BrClFO. The highest BCUT2D eigenvalue weighted by atomic mass is 79.9. The van der Waals surface area contributed by atoms with Crippen LogP contribution in [-0.2, 0) is 0 Å². The zero-order chi connectivity index (χ0) is 10.3. The maximum absolute atomic E-state index is 13.4. The summed E-state index contributed by atoms with van der Waals surface area (Å²) >= 11 is 8.96. The molecule has 0 radical (unpaired) electrons. The van der Waals surface area contributed by atoms with E-state index in [1.165, 1.54) is 12.1 Å². The zero-order valence-corrected chi connectivity index (χ0v) is 9.65. The van der Waals surface area contributed by atoms with E-state index in [1.807, 2.05) is 0 Å². The topological polar surface area (TPSA) is 20.2 Å². The Hall–Kier alpha value is -0.120. The van der Waals surface area contributed by atoms with Crippen molar-refractivity contribution in [3.8, 4) is 0 Å². The predicted octanol–water partition coefficient (Wildman–Crippen LogP) is 3.69. The molecule has 0 heterocycles. The van der Waals surface area contributed by atoms with Crippen molar-refractivity contribution in [3.05, 3.63) is 33.0 Å². The van der Waals surface area contributed by atoms with E-state index in [0.29, 0.717) is 15.1 Å².